The summed E-state index contributed by atoms with van der Waals surface area (Å²) in [7, 11) is 4.06. The molecule has 1 aromatic carbocycles. The molecule has 1 atom stereocenters. The van der Waals surface area contributed by atoms with Crippen LogP contribution < -0.4 is 0 Å². The van der Waals surface area contributed by atoms with E-state index in [0.29, 0.717) is 6.42 Å². The Morgan fingerprint density at radius 2 is 2.00 bits per heavy atom. The zero-order valence-corrected chi connectivity index (χ0v) is 11.2. The van der Waals surface area contributed by atoms with E-state index in [1.807, 2.05) is 20.2 Å². The van der Waals surface area contributed by atoms with Gasteiger partial charge >= 0.3 is 0 Å². The lowest BCUT2D eigenvalue weighted by atomic mass is 9.85. The SMILES string of the molecule is CN(C)C1(C(O)Cc2cccc(F)c2)CCCC1. The summed E-state index contributed by atoms with van der Waals surface area (Å²) in [5, 5.41) is 10.6. The van der Waals surface area contributed by atoms with Gasteiger partial charge < -0.3 is 10.0 Å². The normalized spacial score (nSPS) is 20.3. The fourth-order valence-corrected chi connectivity index (χ4v) is 3.14. The van der Waals surface area contributed by atoms with Crippen LogP contribution in [0.5, 0.6) is 0 Å². The molecule has 0 radical (unpaired) electrons. The van der Waals surface area contributed by atoms with Crippen molar-refractivity contribution in [2.24, 2.45) is 0 Å². The van der Waals surface area contributed by atoms with E-state index in [1.54, 1.807) is 6.07 Å². The minimum absolute atomic E-state index is 0.133. The van der Waals surface area contributed by atoms with Gasteiger partial charge in [0.25, 0.3) is 0 Å². The van der Waals surface area contributed by atoms with Crippen molar-refractivity contribution in [1.29, 1.82) is 0 Å². The van der Waals surface area contributed by atoms with Gasteiger partial charge in [-0.05, 0) is 44.6 Å². The summed E-state index contributed by atoms with van der Waals surface area (Å²) in [5.74, 6) is -0.231. The molecule has 1 saturated carbocycles. The van der Waals surface area contributed by atoms with Crippen molar-refractivity contribution < 1.29 is 9.50 Å². The van der Waals surface area contributed by atoms with Gasteiger partial charge in [-0.3, -0.25) is 0 Å². The Balaban J connectivity index is 2.13. The highest BCUT2D eigenvalue weighted by Crippen LogP contribution is 2.37. The van der Waals surface area contributed by atoms with E-state index >= 15 is 0 Å². The zero-order chi connectivity index (χ0) is 13.2. The van der Waals surface area contributed by atoms with Crippen LogP contribution in [-0.2, 0) is 6.42 Å². The van der Waals surface area contributed by atoms with Crippen molar-refractivity contribution in [1.82, 2.24) is 4.90 Å². The molecule has 2 nitrogen and oxygen atoms in total. The van der Waals surface area contributed by atoms with Gasteiger partial charge in [-0.1, -0.05) is 25.0 Å². The van der Waals surface area contributed by atoms with Gasteiger partial charge in [-0.2, -0.15) is 0 Å². The van der Waals surface area contributed by atoms with Gasteiger partial charge in [0, 0.05) is 12.0 Å². The second-order valence-electron chi connectivity index (χ2n) is 5.55. The van der Waals surface area contributed by atoms with E-state index in [-0.39, 0.29) is 11.4 Å². The molecular formula is C15H22FNO. The molecule has 3 heteroatoms. The molecule has 0 saturated heterocycles. The highest BCUT2D eigenvalue weighted by atomic mass is 19.1. The Bertz CT molecular complexity index is 399. The third-order valence-electron chi connectivity index (χ3n) is 4.30. The lowest BCUT2D eigenvalue weighted by Crippen LogP contribution is -2.52. The number of nitrogens with zero attached hydrogens (tertiary/aromatic N) is 1. The minimum Gasteiger partial charge on any atom is -0.391 e. The first kappa shape index (κ1) is 13.5. The van der Waals surface area contributed by atoms with Crippen molar-refractivity contribution in [3.8, 4) is 0 Å². The fraction of sp³-hybridized carbons (Fsp3) is 0.600. The molecular weight excluding hydrogens is 229 g/mol. The highest BCUT2D eigenvalue weighted by Gasteiger charge is 2.42. The molecule has 0 bridgehead atoms. The van der Waals surface area contributed by atoms with Crippen LogP contribution >= 0.6 is 0 Å². The second kappa shape index (κ2) is 5.37. The van der Waals surface area contributed by atoms with Crippen molar-refractivity contribution in [3.05, 3.63) is 35.6 Å². The van der Waals surface area contributed by atoms with Crippen LogP contribution in [0.3, 0.4) is 0 Å². The van der Waals surface area contributed by atoms with E-state index in [9.17, 15) is 9.50 Å². The maximum Gasteiger partial charge on any atom is 0.123 e. The summed E-state index contributed by atoms with van der Waals surface area (Å²) in [4.78, 5) is 2.14. The van der Waals surface area contributed by atoms with Gasteiger partial charge in [0.2, 0.25) is 0 Å². The van der Waals surface area contributed by atoms with Crippen LogP contribution in [0.1, 0.15) is 31.2 Å². The van der Waals surface area contributed by atoms with Crippen LogP contribution in [0.4, 0.5) is 4.39 Å². The Hall–Kier alpha value is -0.930. The first-order valence-corrected chi connectivity index (χ1v) is 6.64. The number of hydrogen-bond donors (Lipinski definition) is 1. The van der Waals surface area contributed by atoms with Crippen LogP contribution in [-0.4, -0.2) is 35.7 Å². The molecule has 1 aliphatic rings. The average Bonchev–Trinajstić information content (AvgIpc) is 2.79. The van der Waals surface area contributed by atoms with Gasteiger partial charge in [-0.25, -0.2) is 4.39 Å². The molecule has 0 amide bonds. The molecule has 0 aromatic heterocycles. The topological polar surface area (TPSA) is 23.5 Å². The second-order valence-corrected chi connectivity index (χ2v) is 5.55. The van der Waals surface area contributed by atoms with E-state index in [1.165, 1.54) is 25.0 Å². The summed E-state index contributed by atoms with van der Waals surface area (Å²) >= 11 is 0. The van der Waals surface area contributed by atoms with Gasteiger partial charge in [0.1, 0.15) is 5.82 Å². The predicted octanol–water partition coefficient (Wildman–Crippen LogP) is 2.60. The van der Waals surface area contributed by atoms with Gasteiger partial charge in [0.15, 0.2) is 0 Å². The number of rotatable bonds is 4. The van der Waals surface area contributed by atoms with Crippen LogP contribution in [0.2, 0.25) is 0 Å². The number of halogens is 1. The van der Waals surface area contributed by atoms with Gasteiger partial charge in [0.05, 0.1) is 6.10 Å². The summed E-state index contributed by atoms with van der Waals surface area (Å²) in [6.07, 6.45) is 4.47. The predicted molar refractivity (Wildman–Crippen MR) is 71.0 cm³/mol. The molecule has 1 aliphatic carbocycles. The molecule has 2 rings (SSSR count). The third kappa shape index (κ3) is 2.57. The summed E-state index contributed by atoms with van der Waals surface area (Å²) < 4.78 is 13.2. The minimum atomic E-state index is -0.434. The zero-order valence-electron chi connectivity index (χ0n) is 11.2. The molecule has 100 valence electrons. The molecule has 1 fully saturated rings. The van der Waals surface area contributed by atoms with Crippen LogP contribution in [0, 0.1) is 5.82 Å². The maximum absolute atomic E-state index is 13.2. The number of hydrogen-bond acceptors (Lipinski definition) is 2. The first-order valence-electron chi connectivity index (χ1n) is 6.64. The Labute approximate surface area is 108 Å². The van der Waals surface area contributed by atoms with Crippen molar-refractivity contribution >= 4 is 0 Å². The molecule has 0 spiro atoms. The average molecular weight is 251 g/mol. The number of benzene rings is 1. The maximum atomic E-state index is 13.2. The van der Waals surface area contributed by atoms with E-state index < -0.39 is 6.10 Å². The third-order valence-corrected chi connectivity index (χ3v) is 4.30. The Morgan fingerprint density at radius 1 is 1.33 bits per heavy atom. The van der Waals surface area contributed by atoms with E-state index in [2.05, 4.69) is 4.90 Å². The Morgan fingerprint density at radius 3 is 2.56 bits per heavy atom. The largest absolute Gasteiger partial charge is 0.391 e. The van der Waals surface area contributed by atoms with Crippen LogP contribution in [0.25, 0.3) is 0 Å². The first-order chi connectivity index (χ1) is 8.54. The number of aliphatic hydroxyl groups is 1. The monoisotopic (exact) mass is 251 g/mol. The van der Waals surface area contributed by atoms with Crippen molar-refractivity contribution in [2.45, 2.75) is 43.7 Å². The summed E-state index contributed by atoms with van der Waals surface area (Å²) in [5.41, 5.74) is 0.738. The van der Waals surface area contributed by atoms with E-state index in [0.717, 1.165) is 18.4 Å². The molecule has 0 heterocycles. The number of likely N-dealkylation sites (N-methyl/N-ethyl adjacent to an activating group) is 1. The fourth-order valence-electron chi connectivity index (χ4n) is 3.14. The Kier molecular flexibility index (Phi) is 4.03. The highest BCUT2D eigenvalue weighted by molar-refractivity contribution is 5.18. The smallest absolute Gasteiger partial charge is 0.123 e. The molecule has 1 unspecified atom stereocenters. The summed E-state index contributed by atoms with van der Waals surface area (Å²) in [6, 6.07) is 6.54. The van der Waals surface area contributed by atoms with E-state index in [4.69, 9.17) is 0 Å². The molecule has 1 N–H and O–H groups in total. The summed E-state index contributed by atoms with van der Waals surface area (Å²) in [6.45, 7) is 0. The van der Waals surface area contributed by atoms with Gasteiger partial charge in [-0.15, -0.1) is 0 Å². The van der Waals surface area contributed by atoms with Crippen LogP contribution in [0.15, 0.2) is 24.3 Å². The van der Waals surface area contributed by atoms with Crippen molar-refractivity contribution in [3.63, 3.8) is 0 Å². The molecule has 1 aromatic rings. The molecule has 18 heavy (non-hydrogen) atoms. The lowest BCUT2D eigenvalue weighted by molar-refractivity contribution is -0.00253. The molecule has 0 aliphatic heterocycles. The lowest BCUT2D eigenvalue weighted by Gasteiger charge is -2.40. The number of aliphatic hydroxyl groups excluding tert-OH is 1. The standard InChI is InChI=1S/C15H22FNO/c1-17(2)15(8-3-4-9-15)14(18)11-12-6-5-7-13(16)10-12/h5-7,10,14,18H,3-4,8-9,11H2,1-2H3. The van der Waals surface area contributed by atoms with Crippen molar-refractivity contribution in [2.75, 3.05) is 14.1 Å². The quantitative estimate of drug-likeness (QED) is 0.889.